The van der Waals surface area contributed by atoms with Gasteiger partial charge in [0.1, 0.15) is 28.5 Å². The van der Waals surface area contributed by atoms with Gasteiger partial charge in [-0.05, 0) is 48.5 Å². The normalized spacial score (nSPS) is 12.8. The molecule has 0 bridgehead atoms. The van der Waals surface area contributed by atoms with E-state index in [-0.39, 0.29) is 0 Å². The van der Waals surface area contributed by atoms with Crippen LogP contribution in [0.1, 0.15) is 0 Å². The van der Waals surface area contributed by atoms with Crippen molar-refractivity contribution >= 4 is 48.5 Å². The number of hydrogen-bond donors (Lipinski definition) is 0. The predicted molar refractivity (Wildman–Crippen MR) is 145 cm³/mol. The van der Waals surface area contributed by atoms with Crippen molar-refractivity contribution in [3.63, 3.8) is 0 Å². The Hall–Kier alpha value is -3.25. The van der Waals surface area contributed by atoms with Gasteiger partial charge in [-0.25, -0.2) is 16.8 Å². The van der Waals surface area contributed by atoms with Crippen LogP contribution in [0.3, 0.4) is 0 Å². The molecule has 0 spiro atoms. The summed E-state index contributed by atoms with van der Waals surface area (Å²) in [4.78, 5) is 0. The molecule has 4 aromatic rings. The summed E-state index contributed by atoms with van der Waals surface area (Å²) in [6.45, 7) is 0. The van der Waals surface area contributed by atoms with E-state index in [1.54, 1.807) is 0 Å². The molecule has 0 aliphatic carbocycles. The number of nitrogens with zero attached hydrogens (tertiary/aromatic N) is 1. The van der Waals surface area contributed by atoms with E-state index in [4.69, 9.17) is 0 Å². The van der Waals surface area contributed by atoms with Gasteiger partial charge >= 0.3 is 11.0 Å². The Bertz CT molecular complexity index is 1400. The van der Waals surface area contributed by atoms with E-state index in [0.717, 1.165) is 4.13 Å². The standard InChI is InChI=1S/C24H20P.C2F6NO4S2/c1-5-13-21(14-6-1)25(22-15-7-2-8-16-22,23-17-9-3-10-18-23)24-19-11-4-12-20-24;3-1(4,5)14(10,11)9-15(12,13)2(6,7)8/h1-20H;/q+1;-1. The first-order valence-corrected chi connectivity index (χ1v) is 15.8. The number of rotatable bonds is 6. The minimum atomic E-state index is -6.72. The fourth-order valence-corrected chi connectivity index (χ4v) is 9.69. The second-order valence-corrected chi connectivity index (χ2v) is 14.8. The Morgan fingerprint density at radius 1 is 0.425 bits per heavy atom. The Labute approximate surface area is 227 Å². The van der Waals surface area contributed by atoms with Crippen LogP contribution < -0.4 is 21.2 Å². The van der Waals surface area contributed by atoms with Crippen molar-refractivity contribution in [2.24, 2.45) is 0 Å². The number of alkyl halides is 6. The van der Waals surface area contributed by atoms with Crippen molar-refractivity contribution in [3.05, 3.63) is 125 Å². The highest BCUT2D eigenvalue weighted by Gasteiger charge is 2.48. The summed E-state index contributed by atoms with van der Waals surface area (Å²) in [5.41, 5.74) is -12.4. The maximum absolute atomic E-state index is 11.4. The molecule has 5 nitrogen and oxygen atoms in total. The topological polar surface area (TPSA) is 82.4 Å². The van der Waals surface area contributed by atoms with Gasteiger partial charge in [0.05, 0.1) is 0 Å². The van der Waals surface area contributed by atoms with Crippen LogP contribution >= 0.6 is 7.26 Å². The zero-order valence-electron chi connectivity index (χ0n) is 20.2. The van der Waals surface area contributed by atoms with Crippen LogP contribution in [0.5, 0.6) is 0 Å². The van der Waals surface area contributed by atoms with Crippen molar-refractivity contribution in [1.29, 1.82) is 0 Å². The smallest absolute Gasteiger partial charge is 0.421 e. The van der Waals surface area contributed by atoms with Crippen molar-refractivity contribution in [2.45, 2.75) is 11.0 Å². The maximum Gasteiger partial charge on any atom is 0.480 e. The molecular weight excluding hydrogens is 599 g/mol. The largest absolute Gasteiger partial charge is 0.480 e. The predicted octanol–water partition coefficient (Wildman–Crippen LogP) is 5.37. The van der Waals surface area contributed by atoms with Crippen LogP contribution in [-0.2, 0) is 20.0 Å². The van der Waals surface area contributed by atoms with Crippen LogP contribution in [0.15, 0.2) is 121 Å². The summed E-state index contributed by atoms with van der Waals surface area (Å²) in [6, 6.07) is 43.8. The number of hydrogen-bond acceptors (Lipinski definition) is 4. The third kappa shape index (κ3) is 6.72. The zero-order valence-corrected chi connectivity index (χ0v) is 22.7. The van der Waals surface area contributed by atoms with Gasteiger partial charge in [-0.1, -0.05) is 72.8 Å². The van der Waals surface area contributed by atoms with E-state index in [2.05, 4.69) is 121 Å². The van der Waals surface area contributed by atoms with Crippen molar-refractivity contribution in [3.8, 4) is 0 Å². The average molecular weight is 620 g/mol. The molecule has 0 fully saturated rings. The minimum Gasteiger partial charge on any atom is -0.421 e. The highest BCUT2D eigenvalue weighted by atomic mass is 32.3. The van der Waals surface area contributed by atoms with E-state index in [0.29, 0.717) is 0 Å². The Morgan fingerprint density at radius 2 is 0.625 bits per heavy atom. The molecule has 0 atom stereocenters. The van der Waals surface area contributed by atoms with E-state index in [1.807, 2.05) is 0 Å². The molecule has 0 unspecified atom stereocenters. The second-order valence-electron chi connectivity index (χ2n) is 7.93. The third-order valence-electron chi connectivity index (χ3n) is 5.36. The highest BCUT2D eigenvalue weighted by molar-refractivity contribution is 8.13. The number of benzene rings is 4. The van der Waals surface area contributed by atoms with Crippen LogP contribution in [0.4, 0.5) is 26.3 Å². The molecular formula is C26H20F6NO4PS2. The molecule has 0 aliphatic heterocycles. The summed E-state index contributed by atoms with van der Waals surface area (Å²) in [7, 11) is -15.3. The van der Waals surface area contributed by atoms with Crippen LogP contribution in [0, 0.1) is 0 Å². The molecule has 40 heavy (non-hydrogen) atoms. The molecule has 0 saturated heterocycles. The summed E-state index contributed by atoms with van der Waals surface area (Å²) in [5, 5.41) is 5.55. The summed E-state index contributed by atoms with van der Waals surface area (Å²) >= 11 is 0. The molecule has 0 heterocycles. The first-order valence-electron chi connectivity index (χ1n) is 11.1. The van der Waals surface area contributed by atoms with Crippen molar-refractivity contribution in [2.75, 3.05) is 0 Å². The van der Waals surface area contributed by atoms with E-state index >= 15 is 0 Å². The molecule has 4 rings (SSSR count). The van der Waals surface area contributed by atoms with Crippen LogP contribution in [-0.4, -0.2) is 27.9 Å². The number of sulfonamides is 2. The average Bonchev–Trinajstić information content (AvgIpc) is 2.90. The molecule has 0 aromatic heterocycles. The molecule has 0 amide bonds. The third-order valence-corrected chi connectivity index (χ3v) is 12.4. The Kier molecular flexibility index (Phi) is 9.46. The lowest BCUT2D eigenvalue weighted by Crippen LogP contribution is -2.38. The van der Waals surface area contributed by atoms with Gasteiger partial charge in [-0.15, -0.1) is 0 Å². The van der Waals surface area contributed by atoms with Gasteiger partial charge in [0.25, 0.3) is 0 Å². The van der Waals surface area contributed by atoms with E-state index in [1.165, 1.54) is 21.2 Å². The zero-order chi connectivity index (χ0) is 29.7. The lowest BCUT2D eigenvalue weighted by molar-refractivity contribution is -0.0444. The van der Waals surface area contributed by atoms with E-state index < -0.39 is 38.3 Å². The van der Waals surface area contributed by atoms with E-state index in [9.17, 15) is 43.2 Å². The molecule has 4 aromatic carbocycles. The fourth-order valence-electron chi connectivity index (χ4n) is 3.71. The fraction of sp³-hybridized carbons (Fsp3) is 0.0769. The highest BCUT2D eigenvalue weighted by Crippen LogP contribution is 2.54. The van der Waals surface area contributed by atoms with Gasteiger partial charge in [-0.2, -0.15) is 26.3 Å². The van der Waals surface area contributed by atoms with Crippen LogP contribution in [0.25, 0.3) is 4.13 Å². The monoisotopic (exact) mass is 619 g/mol. The molecule has 0 radical (unpaired) electrons. The summed E-state index contributed by atoms with van der Waals surface area (Å²) in [6.07, 6.45) is 0. The first kappa shape index (κ1) is 31.3. The molecule has 0 aliphatic rings. The molecule has 0 N–H and O–H groups in total. The second kappa shape index (κ2) is 12.1. The van der Waals surface area contributed by atoms with Crippen LogP contribution in [0.2, 0.25) is 0 Å². The molecule has 212 valence electrons. The Morgan fingerprint density at radius 3 is 0.800 bits per heavy atom. The van der Waals surface area contributed by atoms with Crippen molar-refractivity contribution in [1.82, 2.24) is 0 Å². The van der Waals surface area contributed by atoms with Gasteiger partial charge in [0, 0.05) is 0 Å². The van der Waals surface area contributed by atoms with Gasteiger partial charge in [0.15, 0.2) is 20.0 Å². The quantitative estimate of drug-likeness (QED) is 0.215. The van der Waals surface area contributed by atoms with Gasteiger partial charge < -0.3 is 4.13 Å². The number of halogens is 6. The van der Waals surface area contributed by atoms with Gasteiger partial charge in [0.2, 0.25) is 0 Å². The van der Waals surface area contributed by atoms with Crippen molar-refractivity contribution < 1.29 is 43.2 Å². The summed E-state index contributed by atoms with van der Waals surface area (Å²) in [5.74, 6) is 0. The maximum atomic E-state index is 11.4. The van der Waals surface area contributed by atoms with Gasteiger partial charge in [-0.3, -0.25) is 0 Å². The first-order chi connectivity index (χ1) is 18.6. The lowest BCUT2D eigenvalue weighted by atomic mass is 10.3. The minimum absolute atomic E-state index is 0.778. The molecule has 0 saturated carbocycles. The SMILES string of the molecule is O=S(=O)([N-]S(=O)(=O)C(F)(F)F)C(F)(F)F.c1ccc([P+](c2ccccc2)(c2ccccc2)c2ccccc2)cc1. The Balaban J connectivity index is 0.000000255. The summed E-state index contributed by atoms with van der Waals surface area (Å²) < 4.78 is 109. The molecule has 14 heteroatoms. The lowest BCUT2D eigenvalue weighted by Gasteiger charge is -2.27.